The molecule has 0 radical (unpaired) electrons. The molecule has 5 nitrogen and oxygen atoms in total. The summed E-state index contributed by atoms with van der Waals surface area (Å²) < 4.78 is 0. The monoisotopic (exact) mass is 460 g/mol. The maximum Gasteiger partial charge on any atom is 0.311 e. The van der Waals surface area contributed by atoms with Crippen LogP contribution in [0.1, 0.15) is 92.9 Å². The number of carbonyl (C=O) groups excluding carboxylic acids is 1. The number of hydrogen-bond donors (Lipinski definition) is 3. The number of hydrogen-bond acceptors (Lipinski definition) is 4. The zero-order valence-corrected chi connectivity index (χ0v) is 21.4. The SMILES string of the molecule is C[C@H](CC(O)C(C)(C)C(=O)O)C1=C2C[C@H](O)[C@H]3[C@@H](CC[C@H]4C(C)(C)C(=O)CC[C@]34C)[C@@H]2CC1. The van der Waals surface area contributed by atoms with Crippen LogP contribution in [0.4, 0.5) is 0 Å². The van der Waals surface area contributed by atoms with Crippen LogP contribution in [0.25, 0.3) is 0 Å². The van der Waals surface area contributed by atoms with Crippen LogP contribution in [0, 0.1) is 45.8 Å². The lowest BCUT2D eigenvalue weighted by Crippen LogP contribution is -2.59. The topological polar surface area (TPSA) is 94.8 Å². The molecule has 33 heavy (non-hydrogen) atoms. The molecule has 0 aromatic carbocycles. The van der Waals surface area contributed by atoms with Crippen LogP contribution in [-0.4, -0.2) is 39.3 Å². The van der Waals surface area contributed by atoms with E-state index in [1.807, 2.05) is 0 Å². The molecule has 8 atom stereocenters. The van der Waals surface area contributed by atoms with Gasteiger partial charge >= 0.3 is 5.97 Å². The number of carboxylic acids is 1. The number of rotatable bonds is 5. The van der Waals surface area contributed by atoms with Gasteiger partial charge in [0, 0.05) is 11.8 Å². The van der Waals surface area contributed by atoms with E-state index in [2.05, 4.69) is 27.7 Å². The Labute approximate surface area is 199 Å². The number of aliphatic hydroxyl groups is 2. The normalized spacial score (nSPS) is 40.0. The first-order valence-corrected chi connectivity index (χ1v) is 13.1. The minimum atomic E-state index is -1.17. The molecule has 4 rings (SSSR count). The largest absolute Gasteiger partial charge is 0.481 e. The van der Waals surface area contributed by atoms with Crippen molar-refractivity contribution < 1.29 is 24.9 Å². The average Bonchev–Trinajstić information content (AvgIpc) is 3.14. The van der Waals surface area contributed by atoms with Crippen molar-refractivity contribution in [2.75, 3.05) is 0 Å². The number of allylic oxidation sites excluding steroid dienone is 1. The van der Waals surface area contributed by atoms with Gasteiger partial charge in [0.2, 0.25) is 0 Å². The fraction of sp³-hybridized carbons (Fsp3) is 0.857. The van der Waals surface area contributed by atoms with Crippen LogP contribution in [0.2, 0.25) is 0 Å². The lowest BCUT2D eigenvalue weighted by Gasteiger charge is -2.62. The van der Waals surface area contributed by atoms with Crippen molar-refractivity contribution in [3.05, 3.63) is 11.1 Å². The number of Topliss-reactive ketones (excluding diaryl/α,β-unsaturated/α-hetero) is 1. The quantitative estimate of drug-likeness (QED) is 0.502. The van der Waals surface area contributed by atoms with Gasteiger partial charge in [0.1, 0.15) is 5.78 Å². The van der Waals surface area contributed by atoms with E-state index >= 15 is 0 Å². The number of aliphatic hydroxyl groups excluding tert-OH is 2. The van der Waals surface area contributed by atoms with E-state index in [-0.39, 0.29) is 22.7 Å². The molecule has 1 unspecified atom stereocenters. The Morgan fingerprint density at radius 1 is 1.15 bits per heavy atom. The molecule has 3 fully saturated rings. The van der Waals surface area contributed by atoms with Crippen molar-refractivity contribution in [3.63, 3.8) is 0 Å². The van der Waals surface area contributed by atoms with E-state index in [9.17, 15) is 24.9 Å². The summed E-state index contributed by atoms with van der Waals surface area (Å²) in [4.78, 5) is 24.3. The molecule has 0 aromatic rings. The van der Waals surface area contributed by atoms with E-state index in [1.54, 1.807) is 13.8 Å². The first kappa shape index (κ1) is 24.9. The minimum absolute atomic E-state index is 0.00134. The van der Waals surface area contributed by atoms with E-state index in [1.165, 1.54) is 11.1 Å². The molecule has 186 valence electrons. The van der Waals surface area contributed by atoms with Crippen molar-refractivity contribution in [2.45, 2.75) is 105 Å². The fourth-order valence-corrected chi connectivity index (χ4v) is 8.66. The highest BCUT2D eigenvalue weighted by atomic mass is 16.4. The van der Waals surface area contributed by atoms with E-state index in [4.69, 9.17) is 0 Å². The number of fused-ring (bicyclic) bond motifs is 5. The van der Waals surface area contributed by atoms with Crippen molar-refractivity contribution in [2.24, 2.45) is 45.8 Å². The Kier molecular flexibility index (Phi) is 6.18. The highest BCUT2D eigenvalue weighted by Crippen LogP contribution is 2.66. The third kappa shape index (κ3) is 3.73. The maximum atomic E-state index is 12.7. The van der Waals surface area contributed by atoms with Crippen molar-refractivity contribution in [1.29, 1.82) is 0 Å². The van der Waals surface area contributed by atoms with Gasteiger partial charge < -0.3 is 15.3 Å². The van der Waals surface area contributed by atoms with Crippen LogP contribution in [0.3, 0.4) is 0 Å². The number of ketones is 1. The molecule has 0 amide bonds. The van der Waals surface area contributed by atoms with Crippen molar-refractivity contribution >= 4 is 11.8 Å². The van der Waals surface area contributed by atoms with Gasteiger partial charge in [0.25, 0.3) is 0 Å². The fourth-order valence-electron chi connectivity index (χ4n) is 8.66. The molecule has 0 saturated heterocycles. The molecule has 0 heterocycles. The number of carbonyl (C=O) groups is 2. The second kappa shape index (κ2) is 8.19. The molecular weight excluding hydrogens is 416 g/mol. The average molecular weight is 461 g/mol. The van der Waals surface area contributed by atoms with Crippen LogP contribution in [0.5, 0.6) is 0 Å². The van der Waals surface area contributed by atoms with Crippen molar-refractivity contribution in [1.82, 2.24) is 0 Å². The maximum absolute atomic E-state index is 12.7. The molecule has 0 spiro atoms. The van der Waals surface area contributed by atoms with Gasteiger partial charge in [-0.1, -0.05) is 38.8 Å². The minimum Gasteiger partial charge on any atom is -0.481 e. The summed E-state index contributed by atoms with van der Waals surface area (Å²) in [5, 5.41) is 31.7. The number of carboxylic acid groups (broad SMARTS) is 1. The van der Waals surface area contributed by atoms with E-state index in [0.717, 1.165) is 32.1 Å². The lowest BCUT2D eigenvalue weighted by molar-refractivity contribution is -0.168. The summed E-state index contributed by atoms with van der Waals surface area (Å²) in [6, 6.07) is 0. The summed E-state index contributed by atoms with van der Waals surface area (Å²) in [6.07, 6.45) is 5.57. The summed E-state index contributed by atoms with van der Waals surface area (Å²) in [5.74, 6) is 1.04. The standard InChI is InChI=1S/C28H44O5/c1-15(13-23(31)27(4,5)25(32)33)16-7-8-17-18-9-10-21-26(2,3)22(30)11-12-28(21,6)24(18)20(29)14-19(16)17/h15,17-18,20-21,23-24,29,31H,7-14H2,1-6H3,(H,32,33)/t15-,17+,18+,20+,21+,23?,24-,28+/m1/s1. The summed E-state index contributed by atoms with van der Waals surface area (Å²) in [5.41, 5.74) is 1.26. The Bertz CT molecular complexity index is 854. The Hall–Kier alpha value is -1.20. The Balaban J connectivity index is 1.58. The molecule has 0 aromatic heterocycles. The van der Waals surface area contributed by atoms with Crippen molar-refractivity contribution in [3.8, 4) is 0 Å². The third-order valence-electron chi connectivity index (χ3n) is 10.8. The van der Waals surface area contributed by atoms with E-state index in [0.29, 0.717) is 42.8 Å². The van der Waals surface area contributed by atoms with Crippen LogP contribution in [0.15, 0.2) is 11.1 Å². The molecule has 3 saturated carbocycles. The number of aliphatic carboxylic acids is 1. The van der Waals surface area contributed by atoms with Gasteiger partial charge in [-0.3, -0.25) is 9.59 Å². The molecule has 4 aliphatic carbocycles. The van der Waals surface area contributed by atoms with Crippen LogP contribution < -0.4 is 0 Å². The molecule has 0 bridgehead atoms. The highest BCUT2D eigenvalue weighted by Gasteiger charge is 2.62. The zero-order chi connectivity index (χ0) is 24.5. The predicted molar refractivity (Wildman–Crippen MR) is 127 cm³/mol. The lowest BCUT2D eigenvalue weighted by atomic mass is 9.42. The highest BCUT2D eigenvalue weighted by molar-refractivity contribution is 5.85. The third-order valence-corrected chi connectivity index (χ3v) is 10.8. The smallest absolute Gasteiger partial charge is 0.311 e. The van der Waals surface area contributed by atoms with E-state index < -0.39 is 23.6 Å². The molecule has 5 heteroatoms. The molecule has 0 aliphatic heterocycles. The van der Waals surface area contributed by atoms with Gasteiger partial charge in [0.05, 0.1) is 17.6 Å². The van der Waals surface area contributed by atoms with Gasteiger partial charge in [-0.2, -0.15) is 0 Å². The van der Waals surface area contributed by atoms with Crippen LogP contribution >= 0.6 is 0 Å². The van der Waals surface area contributed by atoms with Gasteiger partial charge in [-0.15, -0.1) is 0 Å². The Morgan fingerprint density at radius 2 is 1.82 bits per heavy atom. The molecule has 4 aliphatic rings. The zero-order valence-electron chi connectivity index (χ0n) is 21.4. The predicted octanol–water partition coefficient (Wildman–Crippen LogP) is 4.99. The summed E-state index contributed by atoms with van der Waals surface area (Å²) in [6.45, 7) is 11.9. The van der Waals surface area contributed by atoms with Crippen LogP contribution in [-0.2, 0) is 9.59 Å². The second-order valence-corrected chi connectivity index (χ2v) is 13.1. The molecular formula is C28H44O5. The summed E-state index contributed by atoms with van der Waals surface area (Å²) >= 11 is 0. The van der Waals surface area contributed by atoms with Gasteiger partial charge in [-0.25, -0.2) is 0 Å². The summed E-state index contributed by atoms with van der Waals surface area (Å²) in [7, 11) is 0. The van der Waals surface area contributed by atoms with Gasteiger partial charge in [0.15, 0.2) is 0 Å². The first-order chi connectivity index (χ1) is 15.2. The Morgan fingerprint density at radius 3 is 2.45 bits per heavy atom. The van der Waals surface area contributed by atoms with Gasteiger partial charge in [-0.05, 0) is 93.8 Å². The first-order valence-electron chi connectivity index (χ1n) is 13.1. The molecule has 3 N–H and O–H groups in total. The second-order valence-electron chi connectivity index (χ2n) is 13.1.